The van der Waals surface area contributed by atoms with Gasteiger partial charge >= 0.3 is 5.97 Å². The van der Waals surface area contributed by atoms with Crippen LogP contribution in [0.4, 0.5) is 0 Å². The van der Waals surface area contributed by atoms with Gasteiger partial charge in [0.15, 0.2) is 28.6 Å². The van der Waals surface area contributed by atoms with Gasteiger partial charge in [0.2, 0.25) is 0 Å². The van der Waals surface area contributed by atoms with Crippen LogP contribution in [0.5, 0.6) is 23.0 Å². The van der Waals surface area contributed by atoms with Gasteiger partial charge in [0, 0.05) is 12.8 Å². The first-order chi connectivity index (χ1) is 15.7. The molecule has 3 rings (SSSR count). The highest BCUT2D eigenvalue weighted by Gasteiger charge is 2.50. The summed E-state index contributed by atoms with van der Waals surface area (Å²) >= 11 is 0. The first-order valence-corrected chi connectivity index (χ1v) is 10.3. The first kappa shape index (κ1) is 24.6. The fourth-order valence-corrected chi connectivity index (χ4v) is 3.75. The molecule has 10 heteroatoms. The Hall–Kier alpha value is -3.05. The summed E-state index contributed by atoms with van der Waals surface area (Å²) < 4.78 is 21.6. The van der Waals surface area contributed by atoms with Crippen LogP contribution in [-0.2, 0) is 27.5 Å². The second-order valence-electron chi connectivity index (χ2n) is 7.95. The van der Waals surface area contributed by atoms with Crippen LogP contribution < -0.4 is 9.47 Å². The summed E-state index contributed by atoms with van der Waals surface area (Å²) in [6, 6.07) is 9.17. The summed E-state index contributed by atoms with van der Waals surface area (Å²) in [6.07, 6.45) is -3.92. The van der Waals surface area contributed by atoms with E-state index < -0.39 is 29.9 Å². The third-order valence-electron chi connectivity index (χ3n) is 5.65. The van der Waals surface area contributed by atoms with Crippen LogP contribution in [0.3, 0.4) is 0 Å². The van der Waals surface area contributed by atoms with Crippen LogP contribution in [0.15, 0.2) is 36.4 Å². The predicted octanol–water partition coefficient (Wildman–Crippen LogP) is 1.56. The van der Waals surface area contributed by atoms with Crippen molar-refractivity contribution in [2.45, 2.75) is 50.0 Å². The van der Waals surface area contributed by atoms with Crippen molar-refractivity contribution in [1.29, 1.82) is 0 Å². The zero-order valence-electron chi connectivity index (χ0n) is 18.3. The number of aliphatic hydroxyl groups is 2. The smallest absolute Gasteiger partial charge is 0.335 e. The van der Waals surface area contributed by atoms with E-state index in [9.17, 15) is 30.3 Å². The minimum Gasteiger partial charge on any atom is -0.504 e. The number of phenols is 2. The molecule has 180 valence electrons. The lowest BCUT2D eigenvalue weighted by Gasteiger charge is -2.41. The molecule has 1 aliphatic rings. The van der Waals surface area contributed by atoms with Crippen molar-refractivity contribution in [3.63, 3.8) is 0 Å². The van der Waals surface area contributed by atoms with Gasteiger partial charge in [-0.3, -0.25) is 0 Å². The number of phenolic OH excluding ortho intramolecular Hbond substituents is 2. The number of benzene rings is 2. The molecule has 10 nitrogen and oxygen atoms in total. The van der Waals surface area contributed by atoms with Crippen LogP contribution >= 0.6 is 0 Å². The summed E-state index contributed by atoms with van der Waals surface area (Å²) in [5, 5.41) is 50.5. The summed E-state index contributed by atoms with van der Waals surface area (Å²) in [4.78, 5) is 11.7. The van der Waals surface area contributed by atoms with Crippen molar-refractivity contribution in [3.05, 3.63) is 47.5 Å². The molecule has 1 aliphatic carbocycles. The molecule has 0 aliphatic heterocycles. The normalized spacial score (nSPS) is 24.9. The SMILES string of the molecule is COc1cc(CO[C@@H]2CC(O)(C(=O)O)C[C@@H](OCc3ccc(O)c(OC)c3)C2O)ccc1O. The fraction of sp³-hybridized carbons (Fsp3) is 0.435. The maximum absolute atomic E-state index is 11.7. The van der Waals surface area contributed by atoms with Crippen molar-refractivity contribution in [1.82, 2.24) is 0 Å². The lowest BCUT2D eigenvalue weighted by molar-refractivity contribution is -0.205. The average molecular weight is 464 g/mol. The Bertz CT molecular complexity index is 908. The number of carboxylic acid groups (broad SMARTS) is 1. The molecule has 1 saturated carbocycles. The second-order valence-corrected chi connectivity index (χ2v) is 7.95. The zero-order chi connectivity index (χ0) is 24.2. The fourth-order valence-electron chi connectivity index (χ4n) is 3.75. The van der Waals surface area contributed by atoms with Gasteiger partial charge in [0.25, 0.3) is 0 Å². The third-order valence-corrected chi connectivity index (χ3v) is 5.65. The number of rotatable bonds is 9. The highest BCUT2D eigenvalue weighted by molar-refractivity contribution is 5.77. The van der Waals surface area contributed by atoms with Crippen molar-refractivity contribution in [2.75, 3.05) is 14.2 Å². The van der Waals surface area contributed by atoms with Crippen LogP contribution in [0.1, 0.15) is 24.0 Å². The van der Waals surface area contributed by atoms with Gasteiger partial charge in [0.1, 0.15) is 6.10 Å². The highest BCUT2D eigenvalue weighted by atomic mass is 16.5. The topological polar surface area (TPSA) is 155 Å². The minimum absolute atomic E-state index is 0.0179. The van der Waals surface area contributed by atoms with Crippen LogP contribution in [0.2, 0.25) is 0 Å². The molecule has 2 aromatic rings. The molecule has 0 amide bonds. The summed E-state index contributed by atoms with van der Waals surface area (Å²) in [6.45, 7) is -0.0358. The molecule has 0 bridgehead atoms. The minimum atomic E-state index is -2.14. The molecular weight excluding hydrogens is 436 g/mol. The van der Waals surface area contributed by atoms with Gasteiger partial charge in [-0.1, -0.05) is 12.1 Å². The van der Waals surface area contributed by atoms with E-state index in [0.717, 1.165) is 0 Å². The van der Waals surface area contributed by atoms with Crippen LogP contribution in [-0.4, -0.2) is 69.6 Å². The molecule has 0 unspecified atom stereocenters. The standard InChI is InChI=1S/C23H28O10/c1-30-17-7-13(3-5-15(17)24)11-32-19-9-23(29,22(27)28)10-20(21(19)26)33-12-14-4-6-16(25)18(8-14)31-2/h3-8,19-21,24-26,29H,9-12H2,1-2H3,(H,27,28)/t19-,20-,21?,23?/m1/s1. The Morgan fingerprint density at radius 3 is 1.70 bits per heavy atom. The Morgan fingerprint density at radius 2 is 1.33 bits per heavy atom. The monoisotopic (exact) mass is 464 g/mol. The molecule has 0 spiro atoms. The predicted molar refractivity (Wildman–Crippen MR) is 114 cm³/mol. The van der Waals surface area contributed by atoms with Crippen molar-refractivity contribution >= 4 is 5.97 Å². The van der Waals surface area contributed by atoms with E-state index in [0.29, 0.717) is 11.1 Å². The van der Waals surface area contributed by atoms with Crippen molar-refractivity contribution in [2.24, 2.45) is 0 Å². The zero-order valence-corrected chi connectivity index (χ0v) is 18.3. The van der Waals surface area contributed by atoms with Crippen molar-refractivity contribution < 1.29 is 49.3 Å². The number of ether oxygens (including phenoxy) is 4. The molecule has 0 saturated heterocycles. The Kier molecular flexibility index (Phi) is 7.65. The molecular formula is C23H28O10. The van der Waals surface area contributed by atoms with E-state index in [1.54, 1.807) is 24.3 Å². The Morgan fingerprint density at radius 1 is 0.909 bits per heavy atom. The number of aromatic hydroxyl groups is 2. The van der Waals surface area contributed by atoms with Gasteiger partial charge in [-0.15, -0.1) is 0 Å². The number of carbonyl (C=O) groups is 1. The number of methoxy groups -OCH3 is 2. The van der Waals surface area contributed by atoms with Crippen LogP contribution in [0.25, 0.3) is 0 Å². The average Bonchev–Trinajstić information content (AvgIpc) is 2.80. The first-order valence-electron chi connectivity index (χ1n) is 10.3. The summed E-state index contributed by atoms with van der Waals surface area (Å²) in [7, 11) is 2.81. The van der Waals surface area contributed by atoms with E-state index in [1.165, 1.54) is 26.4 Å². The number of carboxylic acids is 1. The van der Waals surface area contributed by atoms with E-state index in [-0.39, 0.29) is 49.1 Å². The molecule has 2 atom stereocenters. The maximum Gasteiger partial charge on any atom is 0.335 e. The summed E-state index contributed by atoms with van der Waals surface area (Å²) in [5.74, 6) is -1.04. The van der Waals surface area contributed by atoms with Crippen molar-refractivity contribution in [3.8, 4) is 23.0 Å². The molecule has 2 aromatic carbocycles. The maximum atomic E-state index is 11.7. The number of aliphatic carboxylic acids is 1. The summed E-state index contributed by atoms with van der Waals surface area (Å²) in [5.41, 5.74) is -0.904. The van der Waals surface area contributed by atoms with Gasteiger partial charge < -0.3 is 44.5 Å². The van der Waals surface area contributed by atoms with Gasteiger partial charge in [-0.25, -0.2) is 4.79 Å². The molecule has 0 heterocycles. The Balaban J connectivity index is 1.72. The molecule has 33 heavy (non-hydrogen) atoms. The van der Waals surface area contributed by atoms with Gasteiger partial charge in [-0.2, -0.15) is 0 Å². The van der Waals surface area contributed by atoms with E-state index in [2.05, 4.69) is 0 Å². The molecule has 5 N–H and O–H groups in total. The third kappa shape index (κ3) is 5.66. The highest BCUT2D eigenvalue weighted by Crippen LogP contribution is 2.35. The largest absolute Gasteiger partial charge is 0.504 e. The van der Waals surface area contributed by atoms with Gasteiger partial charge in [-0.05, 0) is 35.4 Å². The van der Waals surface area contributed by atoms with Crippen LogP contribution in [0, 0.1) is 0 Å². The number of hydrogen-bond acceptors (Lipinski definition) is 9. The van der Waals surface area contributed by atoms with Gasteiger partial charge in [0.05, 0.1) is 39.6 Å². The number of hydrogen-bond donors (Lipinski definition) is 5. The Labute approximate surface area is 190 Å². The molecule has 0 aromatic heterocycles. The molecule has 0 radical (unpaired) electrons. The van der Waals surface area contributed by atoms with E-state index >= 15 is 0 Å². The number of aliphatic hydroxyl groups excluding tert-OH is 1. The lowest BCUT2D eigenvalue weighted by atomic mass is 9.79. The molecule has 1 fully saturated rings. The second kappa shape index (κ2) is 10.3. The quantitative estimate of drug-likeness (QED) is 0.369. The van der Waals surface area contributed by atoms with E-state index in [4.69, 9.17) is 18.9 Å². The lowest BCUT2D eigenvalue weighted by Crippen LogP contribution is -2.57. The van der Waals surface area contributed by atoms with E-state index in [1.807, 2.05) is 0 Å².